The number of benzene rings is 2. The molecule has 32 heavy (non-hydrogen) atoms. The Bertz CT molecular complexity index is 886. The number of carbonyl (C=O) groups excluding carboxylic acids is 2. The normalized spacial score (nSPS) is 14.8. The molecular weight excluding hydrogens is 447 g/mol. The molecule has 1 saturated carbocycles. The third-order valence-corrected chi connectivity index (χ3v) is 7.02. The van der Waals surface area contributed by atoms with Gasteiger partial charge in [0, 0.05) is 34.7 Å². The molecule has 3 rings (SSSR count). The maximum absolute atomic E-state index is 13.4. The highest BCUT2D eigenvalue weighted by atomic mass is 35.5. The van der Waals surface area contributed by atoms with E-state index in [1.54, 1.807) is 28.8 Å². The highest BCUT2D eigenvalue weighted by molar-refractivity contribution is 7.99. The maximum Gasteiger partial charge on any atom is 0.243 e. The first-order valence-corrected chi connectivity index (χ1v) is 12.5. The van der Waals surface area contributed by atoms with Crippen LogP contribution in [0, 0.1) is 5.82 Å². The Morgan fingerprint density at radius 1 is 1.12 bits per heavy atom. The number of rotatable bonds is 10. The first-order valence-electron chi connectivity index (χ1n) is 11.2. The average Bonchev–Trinajstić information content (AvgIpc) is 3.29. The summed E-state index contributed by atoms with van der Waals surface area (Å²) in [6, 6.07) is 13.3. The number of nitrogens with one attached hydrogen (secondary N) is 1. The molecule has 0 aromatic heterocycles. The van der Waals surface area contributed by atoms with Gasteiger partial charge in [0.25, 0.3) is 0 Å². The van der Waals surface area contributed by atoms with Crippen molar-refractivity contribution in [2.24, 2.45) is 0 Å². The van der Waals surface area contributed by atoms with Crippen molar-refractivity contribution in [1.82, 2.24) is 10.2 Å². The third-order valence-electron chi connectivity index (χ3n) is 5.75. The Balaban J connectivity index is 1.68. The first kappa shape index (κ1) is 24.6. The van der Waals surface area contributed by atoms with E-state index in [-0.39, 0.29) is 30.2 Å². The van der Waals surface area contributed by atoms with Crippen molar-refractivity contribution in [3.05, 3.63) is 64.9 Å². The van der Waals surface area contributed by atoms with E-state index < -0.39 is 6.04 Å². The van der Waals surface area contributed by atoms with Crippen LogP contribution in [0.4, 0.5) is 4.39 Å². The molecule has 0 spiro atoms. The quantitative estimate of drug-likeness (QED) is 0.439. The van der Waals surface area contributed by atoms with Gasteiger partial charge in [-0.25, -0.2) is 4.39 Å². The number of thioether (sulfide) groups is 1. The van der Waals surface area contributed by atoms with Crippen LogP contribution in [0.1, 0.15) is 51.0 Å². The van der Waals surface area contributed by atoms with E-state index in [1.807, 2.05) is 31.2 Å². The average molecular weight is 477 g/mol. The summed E-state index contributed by atoms with van der Waals surface area (Å²) in [5.41, 5.74) is 0.803. The van der Waals surface area contributed by atoms with Crippen LogP contribution < -0.4 is 5.32 Å². The zero-order valence-electron chi connectivity index (χ0n) is 18.4. The number of carbonyl (C=O) groups is 2. The van der Waals surface area contributed by atoms with Gasteiger partial charge in [0.15, 0.2) is 0 Å². The van der Waals surface area contributed by atoms with Crippen LogP contribution in [0.25, 0.3) is 0 Å². The number of halogens is 2. The van der Waals surface area contributed by atoms with Gasteiger partial charge in [0.2, 0.25) is 11.8 Å². The first-order chi connectivity index (χ1) is 15.5. The van der Waals surface area contributed by atoms with Crippen LogP contribution in [0.3, 0.4) is 0 Å². The Labute approximate surface area is 198 Å². The second-order valence-electron chi connectivity index (χ2n) is 8.11. The van der Waals surface area contributed by atoms with Gasteiger partial charge in [-0.1, -0.05) is 43.5 Å². The number of nitrogens with zero attached hydrogens (tertiary/aromatic N) is 1. The summed E-state index contributed by atoms with van der Waals surface area (Å²) in [6.45, 7) is 2.20. The van der Waals surface area contributed by atoms with E-state index in [1.165, 1.54) is 12.1 Å². The van der Waals surface area contributed by atoms with Gasteiger partial charge in [-0.15, -0.1) is 11.8 Å². The standard InChI is InChI=1S/C25H30ClFN2O2S/c1-2-23(25(31)28-21-5-3-4-6-21)29(17-18-7-11-20(27)12-8-18)24(30)15-16-32-22-13-9-19(26)10-14-22/h7-14,21,23H,2-6,15-17H2,1H3,(H,28,31)/t23-/m1/s1. The minimum atomic E-state index is -0.548. The molecule has 0 aliphatic heterocycles. The van der Waals surface area contributed by atoms with Gasteiger partial charge in [0.05, 0.1) is 0 Å². The molecule has 2 amide bonds. The van der Waals surface area contributed by atoms with Gasteiger partial charge in [-0.3, -0.25) is 9.59 Å². The summed E-state index contributed by atoms with van der Waals surface area (Å²) in [6.07, 6.45) is 5.07. The van der Waals surface area contributed by atoms with Crippen LogP contribution >= 0.6 is 23.4 Å². The fraction of sp³-hybridized carbons (Fsp3) is 0.440. The van der Waals surface area contributed by atoms with Crippen molar-refractivity contribution < 1.29 is 14.0 Å². The third kappa shape index (κ3) is 7.24. The molecule has 0 saturated heterocycles. The molecular formula is C25H30ClFN2O2S. The van der Waals surface area contributed by atoms with E-state index in [0.29, 0.717) is 23.6 Å². The lowest BCUT2D eigenvalue weighted by Gasteiger charge is -2.31. The summed E-state index contributed by atoms with van der Waals surface area (Å²) in [7, 11) is 0. The van der Waals surface area contributed by atoms with Gasteiger partial charge in [-0.05, 0) is 61.2 Å². The van der Waals surface area contributed by atoms with Crippen molar-refractivity contribution in [2.45, 2.75) is 69.0 Å². The monoisotopic (exact) mass is 476 g/mol. The molecule has 1 N–H and O–H groups in total. The molecule has 2 aromatic carbocycles. The van der Waals surface area contributed by atoms with Crippen LogP contribution in [0.15, 0.2) is 53.4 Å². The summed E-state index contributed by atoms with van der Waals surface area (Å²) in [5, 5.41) is 3.81. The molecule has 1 fully saturated rings. The molecule has 1 atom stereocenters. The van der Waals surface area contributed by atoms with Crippen molar-refractivity contribution in [3.63, 3.8) is 0 Å². The molecule has 7 heteroatoms. The molecule has 1 aliphatic rings. The van der Waals surface area contributed by atoms with Crippen molar-refractivity contribution in [1.29, 1.82) is 0 Å². The predicted molar refractivity (Wildman–Crippen MR) is 128 cm³/mol. The van der Waals surface area contributed by atoms with Crippen LogP contribution in [-0.2, 0) is 16.1 Å². The smallest absolute Gasteiger partial charge is 0.243 e. The van der Waals surface area contributed by atoms with E-state index in [0.717, 1.165) is 36.1 Å². The SMILES string of the molecule is CC[C@H](C(=O)NC1CCCC1)N(Cc1ccc(F)cc1)C(=O)CCSc1ccc(Cl)cc1. The zero-order chi connectivity index (χ0) is 22.9. The summed E-state index contributed by atoms with van der Waals surface area (Å²) >= 11 is 7.52. The molecule has 0 heterocycles. The van der Waals surface area contributed by atoms with Crippen molar-refractivity contribution in [2.75, 3.05) is 5.75 Å². The molecule has 172 valence electrons. The topological polar surface area (TPSA) is 49.4 Å². The van der Waals surface area contributed by atoms with E-state index in [4.69, 9.17) is 11.6 Å². The molecule has 0 bridgehead atoms. The van der Waals surface area contributed by atoms with Crippen molar-refractivity contribution >= 4 is 35.2 Å². The van der Waals surface area contributed by atoms with E-state index in [2.05, 4.69) is 5.32 Å². The highest BCUT2D eigenvalue weighted by Crippen LogP contribution is 2.23. The highest BCUT2D eigenvalue weighted by Gasteiger charge is 2.30. The Hall–Kier alpha value is -2.05. The fourth-order valence-corrected chi connectivity index (χ4v) is 4.97. The maximum atomic E-state index is 13.4. The molecule has 0 unspecified atom stereocenters. The Morgan fingerprint density at radius 3 is 2.41 bits per heavy atom. The second kappa shape index (κ2) is 12.3. The van der Waals surface area contributed by atoms with Gasteiger partial charge in [0.1, 0.15) is 11.9 Å². The summed E-state index contributed by atoms with van der Waals surface area (Å²) in [4.78, 5) is 29.0. The number of hydrogen-bond donors (Lipinski definition) is 1. The molecule has 1 aliphatic carbocycles. The Kier molecular flexibility index (Phi) is 9.42. The lowest BCUT2D eigenvalue weighted by Crippen LogP contribution is -2.51. The predicted octanol–water partition coefficient (Wildman–Crippen LogP) is 5.83. The van der Waals surface area contributed by atoms with Gasteiger partial charge >= 0.3 is 0 Å². The van der Waals surface area contributed by atoms with Crippen molar-refractivity contribution in [3.8, 4) is 0 Å². The number of hydrogen-bond acceptors (Lipinski definition) is 3. The van der Waals surface area contributed by atoms with Gasteiger partial charge < -0.3 is 10.2 Å². The largest absolute Gasteiger partial charge is 0.352 e. The van der Waals surface area contributed by atoms with Gasteiger partial charge in [-0.2, -0.15) is 0 Å². The molecule has 0 radical (unpaired) electrons. The van der Waals surface area contributed by atoms with Crippen LogP contribution in [0.2, 0.25) is 5.02 Å². The number of amides is 2. The minimum Gasteiger partial charge on any atom is -0.352 e. The summed E-state index contributed by atoms with van der Waals surface area (Å²) in [5.74, 6) is 0.0996. The molecule has 2 aromatic rings. The zero-order valence-corrected chi connectivity index (χ0v) is 19.9. The van der Waals surface area contributed by atoms with Crippen LogP contribution in [-0.4, -0.2) is 34.6 Å². The second-order valence-corrected chi connectivity index (χ2v) is 9.72. The Morgan fingerprint density at radius 2 is 1.78 bits per heavy atom. The van der Waals surface area contributed by atoms with Crippen LogP contribution in [0.5, 0.6) is 0 Å². The van der Waals surface area contributed by atoms with E-state index in [9.17, 15) is 14.0 Å². The van der Waals surface area contributed by atoms with E-state index >= 15 is 0 Å². The lowest BCUT2D eigenvalue weighted by atomic mass is 10.1. The fourth-order valence-electron chi connectivity index (χ4n) is 4.00. The lowest BCUT2D eigenvalue weighted by molar-refractivity contribution is -0.141. The molecule has 4 nitrogen and oxygen atoms in total. The minimum absolute atomic E-state index is 0.0794. The summed E-state index contributed by atoms with van der Waals surface area (Å²) < 4.78 is 13.4.